The SMILES string of the molecule is CC1CCCCC1CNC(=O)c1ccc(I)c(Cl)c1. The van der Waals surface area contributed by atoms with E-state index >= 15 is 0 Å². The second-order valence-corrected chi connectivity index (χ2v) is 6.93. The highest BCUT2D eigenvalue weighted by Crippen LogP contribution is 2.29. The van der Waals surface area contributed by atoms with Gasteiger partial charge >= 0.3 is 0 Å². The summed E-state index contributed by atoms with van der Waals surface area (Å²) in [6, 6.07) is 5.44. The first-order valence-corrected chi connectivity index (χ1v) is 8.27. The number of halogens is 2. The van der Waals surface area contributed by atoms with Gasteiger partial charge in [-0.15, -0.1) is 0 Å². The standard InChI is InChI=1S/C15H19ClINO/c1-10-4-2-3-5-12(10)9-18-15(19)11-6-7-14(17)13(16)8-11/h6-8,10,12H,2-5,9H2,1H3,(H,18,19). The Morgan fingerprint density at radius 2 is 2.16 bits per heavy atom. The maximum Gasteiger partial charge on any atom is 0.251 e. The highest BCUT2D eigenvalue weighted by Gasteiger charge is 2.21. The molecular weight excluding hydrogens is 373 g/mol. The van der Waals surface area contributed by atoms with Crippen molar-refractivity contribution in [2.24, 2.45) is 11.8 Å². The van der Waals surface area contributed by atoms with Crippen LogP contribution in [-0.4, -0.2) is 12.5 Å². The molecule has 0 aliphatic heterocycles. The number of carbonyl (C=O) groups excluding carboxylic acids is 1. The van der Waals surface area contributed by atoms with Gasteiger partial charge in [-0.05, 0) is 59.0 Å². The molecule has 0 spiro atoms. The molecule has 104 valence electrons. The van der Waals surface area contributed by atoms with E-state index in [0.717, 1.165) is 10.1 Å². The monoisotopic (exact) mass is 391 g/mol. The quantitative estimate of drug-likeness (QED) is 0.755. The van der Waals surface area contributed by atoms with Crippen LogP contribution >= 0.6 is 34.2 Å². The lowest BCUT2D eigenvalue weighted by Gasteiger charge is -2.28. The van der Waals surface area contributed by atoms with Gasteiger partial charge in [0.2, 0.25) is 0 Å². The van der Waals surface area contributed by atoms with E-state index in [0.29, 0.717) is 22.4 Å². The molecule has 0 aromatic heterocycles. The predicted octanol–water partition coefficient (Wildman–Crippen LogP) is 4.50. The second kappa shape index (κ2) is 6.93. The van der Waals surface area contributed by atoms with Crippen molar-refractivity contribution in [3.05, 3.63) is 32.4 Å². The first-order chi connectivity index (χ1) is 9.08. The minimum atomic E-state index is -0.0175. The highest BCUT2D eigenvalue weighted by molar-refractivity contribution is 14.1. The molecule has 1 aromatic rings. The summed E-state index contributed by atoms with van der Waals surface area (Å²) < 4.78 is 0.969. The zero-order valence-corrected chi connectivity index (χ0v) is 14.0. The van der Waals surface area contributed by atoms with E-state index in [2.05, 4.69) is 34.8 Å². The Balaban J connectivity index is 1.91. The number of hydrogen-bond acceptors (Lipinski definition) is 1. The summed E-state index contributed by atoms with van der Waals surface area (Å²) in [7, 11) is 0. The Labute approximate surface area is 133 Å². The van der Waals surface area contributed by atoms with E-state index in [4.69, 9.17) is 11.6 Å². The van der Waals surface area contributed by atoms with Crippen molar-refractivity contribution in [2.45, 2.75) is 32.6 Å². The second-order valence-electron chi connectivity index (χ2n) is 5.36. The molecule has 1 amide bonds. The van der Waals surface area contributed by atoms with E-state index in [9.17, 15) is 4.79 Å². The van der Waals surface area contributed by atoms with Gasteiger partial charge in [0.1, 0.15) is 0 Å². The van der Waals surface area contributed by atoms with Crippen LogP contribution in [0.25, 0.3) is 0 Å². The lowest BCUT2D eigenvalue weighted by molar-refractivity contribution is 0.0936. The fourth-order valence-electron chi connectivity index (χ4n) is 2.66. The number of benzene rings is 1. The molecule has 19 heavy (non-hydrogen) atoms. The summed E-state index contributed by atoms with van der Waals surface area (Å²) in [5.74, 6) is 1.32. The van der Waals surface area contributed by atoms with Gasteiger partial charge in [-0.2, -0.15) is 0 Å². The fourth-order valence-corrected chi connectivity index (χ4v) is 3.18. The molecule has 0 bridgehead atoms. The Kier molecular flexibility index (Phi) is 5.51. The van der Waals surface area contributed by atoms with Crippen molar-refractivity contribution in [1.29, 1.82) is 0 Å². The average Bonchev–Trinajstić information content (AvgIpc) is 2.40. The van der Waals surface area contributed by atoms with E-state index in [-0.39, 0.29) is 5.91 Å². The van der Waals surface area contributed by atoms with Crippen molar-refractivity contribution >= 4 is 40.1 Å². The molecule has 2 atom stereocenters. The van der Waals surface area contributed by atoms with Crippen LogP contribution in [0.2, 0.25) is 5.02 Å². The fraction of sp³-hybridized carbons (Fsp3) is 0.533. The van der Waals surface area contributed by atoms with Crippen LogP contribution in [0, 0.1) is 15.4 Å². The van der Waals surface area contributed by atoms with Crippen molar-refractivity contribution in [2.75, 3.05) is 6.54 Å². The summed E-state index contributed by atoms with van der Waals surface area (Å²) in [5.41, 5.74) is 0.647. The van der Waals surface area contributed by atoms with Gasteiger partial charge in [0, 0.05) is 15.7 Å². The van der Waals surface area contributed by atoms with E-state index < -0.39 is 0 Å². The molecule has 1 N–H and O–H groups in total. The number of nitrogens with one attached hydrogen (secondary N) is 1. The molecule has 2 rings (SSSR count). The largest absolute Gasteiger partial charge is 0.352 e. The topological polar surface area (TPSA) is 29.1 Å². The minimum Gasteiger partial charge on any atom is -0.352 e. The van der Waals surface area contributed by atoms with Gasteiger partial charge in [-0.3, -0.25) is 4.79 Å². The van der Waals surface area contributed by atoms with Crippen LogP contribution in [0.5, 0.6) is 0 Å². The van der Waals surface area contributed by atoms with Crippen LogP contribution in [0.3, 0.4) is 0 Å². The molecule has 1 fully saturated rings. The van der Waals surface area contributed by atoms with Crippen LogP contribution in [0.1, 0.15) is 43.0 Å². The molecule has 2 nitrogen and oxygen atoms in total. The maximum absolute atomic E-state index is 12.1. The zero-order valence-electron chi connectivity index (χ0n) is 11.1. The van der Waals surface area contributed by atoms with Gasteiger partial charge in [0.25, 0.3) is 5.91 Å². The Bertz CT molecular complexity index is 463. The Morgan fingerprint density at radius 1 is 1.42 bits per heavy atom. The van der Waals surface area contributed by atoms with Gasteiger partial charge < -0.3 is 5.32 Å². The molecule has 0 heterocycles. The Hall–Kier alpha value is -0.290. The highest BCUT2D eigenvalue weighted by atomic mass is 127. The molecule has 2 unspecified atom stereocenters. The number of amides is 1. The average molecular weight is 392 g/mol. The smallest absolute Gasteiger partial charge is 0.251 e. The maximum atomic E-state index is 12.1. The normalized spacial score (nSPS) is 23.1. The third kappa shape index (κ3) is 4.09. The van der Waals surface area contributed by atoms with Crippen molar-refractivity contribution in [1.82, 2.24) is 5.32 Å². The predicted molar refractivity (Wildman–Crippen MR) is 87.6 cm³/mol. The first kappa shape index (κ1) is 15.1. The zero-order chi connectivity index (χ0) is 13.8. The summed E-state index contributed by atoms with van der Waals surface area (Å²) in [5, 5.41) is 3.68. The van der Waals surface area contributed by atoms with Gasteiger partial charge in [-0.25, -0.2) is 0 Å². The third-order valence-electron chi connectivity index (χ3n) is 4.00. The Morgan fingerprint density at radius 3 is 2.84 bits per heavy atom. The molecule has 4 heteroatoms. The number of rotatable bonds is 3. The van der Waals surface area contributed by atoms with Gasteiger partial charge in [-0.1, -0.05) is 37.8 Å². The minimum absolute atomic E-state index is 0.0175. The third-order valence-corrected chi connectivity index (χ3v) is 5.57. The summed E-state index contributed by atoms with van der Waals surface area (Å²) >= 11 is 8.20. The molecular formula is C15H19ClINO. The van der Waals surface area contributed by atoms with E-state index in [1.165, 1.54) is 25.7 Å². The molecule has 1 saturated carbocycles. The van der Waals surface area contributed by atoms with Crippen molar-refractivity contribution in [3.63, 3.8) is 0 Å². The molecule has 1 aliphatic carbocycles. The summed E-state index contributed by atoms with van der Waals surface area (Å²) in [6.45, 7) is 3.07. The van der Waals surface area contributed by atoms with Crippen LogP contribution in [0.15, 0.2) is 18.2 Å². The lowest BCUT2D eigenvalue weighted by Crippen LogP contribution is -2.33. The van der Waals surface area contributed by atoms with E-state index in [1.807, 2.05) is 12.1 Å². The van der Waals surface area contributed by atoms with Crippen molar-refractivity contribution < 1.29 is 4.79 Å². The van der Waals surface area contributed by atoms with Crippen LogP contribution in [0.4, 0.5) is 0 Å². The molecule has 0 radical (unpaired) electrons. The summed E-state index contributed by atoms with van der Waals surface area (Å²) in [6.07, 6.45) is 5.14. The molecule has 0 saturated heterocycles. The lowest BCUT2D eigenvalue weighted by atomic mass is 9.80. The molecule has 1 aliphatic rings. The summed E-state index contributed by atoms with van der Waals surface area (Å²) in [4.78, 5) is 12.1. The number of hydrogen-bond donors (Lipinski definition) is 1. The van der Waals surface area contributed by atoms with Gasteiger partial charge in [0.15, 0.2) is 0 Å². The van der Waals surface area contributed by atoms with E-state index in [1.54, 1.807) is 6.07 Å². The van der Waals surface area contributed by atoms with Gasteiger partial charge in [0.05, 0.1) is 5.02 Å². The van der Waals surface area contributed by atoms with Crippen molar-refractivity contribution in [3.8, 4) is 0 Å². The number of carbonyl (C=O) groups is 1. The van der Waals surface area contributed by atoms with Crippen LogP contribution in [-0.2, 0) is 0 Å². The van der Waals surface area contributed by atoms with Crippen LogP contribution < -0.4 is 5.32 Å². The first-order valence-electron chi connectivity index (χ1n) is 6.81. The molecule has 1 aromatic carbocycles.